The Balaban J connectivity index is 0.000000172. The second-order valence-electron chi connectivity index (χ2n) is 29.6. The number of carboxylic acids is 3. The van der Waals surface area contributed by atoms with Crippen molar-refractivity contribution >= 4 is 135 Å². The predicted octanol–water partition coefficient (Wildman–Crippen LogP) is 13.4. The van der Waals surface area contributed by atoms with Crippen LogP contribution in [0.1, 0.15) is 149 Å². The third-order valence-electron chi connectivity index (χ3n) is 20.7. The third-order valence-corrected chi connectivity index (χ3v) is 25.1. The number of nitrogens with one attached hydrogen (secondary N) is 3. The van der Waals surface area contributed by atoms with Crippen LogP contribution in [0.25, 0.3) is 0 Å². The number of morpholine rings is 3. The summed E-state index contributed by atoms with van der Waals surface area (Å²) in [6, 6.07) is 10.7. The van der Waals surface area contributed by atoms with Crippen molar-refractivity contribution in [3.8, 4) is 0 Å². The second kappa shape index (κ2) is 41.8. The van der Waals surface area contributed by atoms with Crippen LogP contribution in [0.15, 0.2) is 152 Å². The van der Waals surface area contributed by atoms with Crippen LogP contribution in [0.2, 0.25) is 0 Å². The summed E-state index contributed by atoms with van der Waals surface area (Å²) >= 11 is 14.6. The number of amidine groups is 3. The van der Waals surface area contributed by atoms with Crippen molar-refractivity contribution in [1.82, 2.24) is 45.6 Å². The zero-order valence-electron chi connectivity index (χ0n) is 65.4. The van der Waals surface area contributed by atoms with Crippen molar-refractivity contribution in [2.24, 2.45) is 31.7 Å². The molecule has 3 saturated heterocycles. The van der Waals surface area contributed by atoms with Crippen LogP contribution >= 0.6 is 81.8 Å². The summed E-state index contributed by atoms with van der Waals surface area (Å²) in [5.41, 5.74) is 3.40. The summed E-state index contributed by atoms with van der Waals surface area (Å²) < 4.78 is 77.6. The highest BCUT2D eigenvalue weighted by molar-refractivity contribution is 9.11. The molecule has 6 N–H and O–H groups in total. The van der Waals surface area contributed by atoms with Gasteiger partial charge in [0, 0.05) is 124 Å². The van der Waals surface area contributed by atoms with Gasteiger partial charge in [0.2, 0.25) is 0 Å². The van der Waals surface area contributed by atoms with E-state index in [1.807, 2.05) is 16.1 Å². The van der Waals surface area contributed by atoms with Gasteiger partial charge in [-0.15, -0.1) is 34.0 Å². The molecule has 3 aromatic heterocycles. The predicted molar refractivity (Wildman–Crippen MR) is 445 cm³/mol. The van der Waals surface area contributed by atoms with Gasteiger partial charge in [0.1, 0.15) is 35.6 Å². The van der Waals surface area contributed by atoms with E-state index < -0.39 is 82.2 Å². The minimum atomic E-state index is -0.934. The van der Waals surface area contributed by atoms with E-state index in [1.165, 1.54) is 70.4 Å². The number of benzene rings is 3. The number of ether oxygens (including phenoxy) is 6. The fraction of sp³-hybridized carbons (Fsp3) is 0.481. The van der Waals surface area contributed by atoms with Crippen molar-refractivity contribution in [3.63, 3.8) is 0 Å². The van der Waals surface area contributed by atoms with E-state index in [2.05, 4.69) is 93.4 Å². The molecule has 7 atom stereocenters. The Morgan fingerprint density at radius 3 is 1.21 bits per heavy atom. The van der Waals surface area contributed by atoms with Crippen LogP contribution in [0.4, 0.5) is 13.2 Å². The number of hydrogen-bond acceptors (Lipinski definition) is 27. The molecule has 628 valence electrons. The number of aliphatic carboxylic acids is 3. The quantitative estimate of drug-likeness (QED) is 0.0174. The molecule has 6 aliphatic heterocycles. The smallest absolute Gasteiger partial charge is 0.338 e. The largest absolute Gasteiger partial charge is 0.481 e. The molecule has 2 unspecified atom stereocenters. The van der Waals surface area contributed by atoms with Gasteiger partial charge in [-0.2, -0.15) is 0 Å². The average molecular weight is 1870 g/mol. The molecule has 1 aliphatic carbocycles. The van der Waals surface area contributed by atoms with Crippen LogP contribution in [0, 0.1) is 34.2 Å². The first-order chi connectivity index (χ1) is 56.1. The Morgan fingerprint density at radius 1 is 0.556 bits per heavy atom. The molecule has 0 spiro atoms. The van der Waals surface area contributed by atoms with Gasteiger partial charge in [0.25, 0.3) is 0 Å². The highest BCUT2D eigenvalue weighted by Crippen LogP contribution is 2.50. The lowest BCUT2D eigenvalue weighted by Crippen LogP contribution is -2.48. The minimum absolute atomic E-state index is 0.0253. The number of aromatic nitrogens is 3. The van der Waals surface area contributed by atoms with Crippen LogP contribution < -0.4 is 16.0 Å². The molecule has 9 heterocycles. The maximum Gasteiger partial charge on any atom is 0.338 e. The molecule has 117 heavy (non-hydrogen) atoms. The normalized spacial score (nSPS) is 21.3. The Labute approximate surface area is 713 Å². The molecular weight excluding hydrogens is 1770 g/mol. The molecule has 36 heteroatoms. The fourth-order valence-electron chi connectivity index (χ4n) is 14.4. The van der Waals surface area contributed by atoms with E-state index in [0.717, 1.165) is 38.5 Å². The van der Waals surface area contributed by atoms with Crippen molar-refractivity contribution in [3.05, 3.63) is 186 Å². The first-order valence-corrected chi connectivity index (χ1v) is 43.7. The number of halogens is 6. The molecule has 7 aliphatic rings. The lowest BCUT2D eigenvalue weighted by molar-refractivity contribution is -0.150. The Kier molecular flexibility index (Phi) is 32.1. The average Bonchev–Trinajstić information content (AvgIpc) is 1.63. The maximum absolute atomic E-state index is 14.0. The first-order valence-electron chi connectivity index (χ1n) is 38.7. The molecule has 13 rings (SSSR count). The van der Waals surface area contributed by atoms with Gasteiger partial charge < -0.3 is 59.7 Å². The SMILES string of the molecule is CCOC(=O)C1=C(CN2CCOC(CC(C)(C)C(=O)O)C2)NC(c2nccs2)=N[C@H]1c1ccc(F)cc1Br.CCOC(=O)C1=C(CN2CCO[C@H](CCCC(C)C(=O)O)C2)NC(c2nccs2)=N[C@H]1c1ccc(F)cc1Br.CCOC(=O)C1=C(CN2CCO[C@H](CCCC3(C(=O)O)CC3)C2)NC(c2nccs2)=N[C@H]1c1ccc(F)cc1Br. The third kappa shape index (κ3) is 23.8. The van der Waals surface area contributed by atoms with Crippen molar-refractivity contribution in [1.29, 1.82) is 0 Å². The molecule has 4 fully saturated rings. The van der Waals surface area contributed by atoms with Gasteiger partial charge in [0.05, 0.1) is 91.4 Å². The summed E-state index contributed by atoms with van der Waals surface area (Å²) in [5.74, 6) is -3.89. The summed E-state index contributed by atoms with van der Waals surface area (Å²) in [6.07, 6.45) is 10.9. The van der Waals surface area contributed by atoms with Crippen LogP contribution in [-0.2, 0) is 57.2 Å². The van der Waals surface area contributed by atoms with Gasteiger partial charge in [-0.3, -0.25) is 44.1 Å². The number of hydrogen-bond donors (Lipinski definition) is 6. The topological polar surface area (TPSA) is 340 Å². The molecule has 0 radical (unpaired) electrons. The molecule has 0 amide bonds. The van der Waals surface area contributed by atoms with Gasteiger partial charge in [-0.1, -0.05) is 72.9 Å². The van der Waals surface area contributed by atoms with E-state index in [-0.39, 0.29) is 44.1 Å². The molecule has 27 nitrogen and oxygen atoms in total. The van der Waals surface area contributed by atoms with E-state index in [9.17, 15) is 52.2 Å². The highest BCUT2D eigenvalue weighted by atomic mass is 79.9. The van der Waals surface area contributed by atoms with Crippen LogP contribution in [0.3, 0.4) is 0 Å². The van der Waals surface area contributed by atoms with E-state index in [1.54, 1.807) is 78.3 Å². The monoisotopic (exact) mass is 1860 g/mol. The fourth-order valence-corrected chi connectivity index (χ4v) is 17.9. The minimum Gasteiger partial charge on any atom is -0.481 e. The molecular formula is C81H94Br3F3N12O15S3. The van der Waals surface area contributed by atoms with Crippen molar-refractivity contribution < 1.29 is 85.7 Å². The maximum atomic E-state index is 14.0. The van der Waals surface area contributed by atoms with Crippen LogP contribution in [-0.4, -0.2) is 215 Å². The lowest BCUT2D eigenvalue weighted by atomic mass is 9.86. The van der Waals surface area contributed by atoms with Gasteiger partial charge in [0.15, 0.2) is 32.5 Å². The Bertz CT molecular complexity index is 4720. The van der Waals surface area contributed by atoms with E-state index in [4.69, 9.17) is 48.5 Å². The zero-order chi connectivity index (χ0) is 83.7. The van der Waals surface area contributed by atoms with E-state index in [0.29, 0.717) is 194 Å². The number of rotatable bonds is 31. The van der Waals surface area contributed by atoms with Gasteiger partial charge in [-0.25, -0.2) is 42.5 Å². The summed E-state index contributed by atoms with van der Waals surface area (Å²) in [6.45, 7) is 17.3. The number of carbonyl (C=O) groups is 6. The molecule has 0 bridgehead atoms. The lowest BCUT2D eigenvalue weighted by Gasteiger charge is -2.37. The van der Waals surface area contributed by atoms with E-state index >= 15 is 0 Å². The van der Waals surface area contributed by atoms with Crippen molar-refractivity contribution in [2.45, 2.75) is 136 Å². The number of nitrogens with zero attached hydrogens (tertiary/aromatic N) is 9. The molecule has 3 aromatic carbocycles. The number of thiazole rings is 3. The zero-order valence-corrected chi connectivity index (χ0v) is 72.6. The van der Waals surface area contributed by atoms with Gasteiger partial charge in [-0.05, 0) is 145 Å². The van der Waals surface area contributed by atoms with Crippen molar-refractivity contribution in [2.75, 3.05) is 98.5 Å². The highest BCUT2D eigenvalue weighted by Gasteiger charge is 2.50. The summed E-state index contributed by atoms with van der Waals surface area (Å²) in [7, 11) is 0. The second-order valence-corrected chi connectivity index (χ2v) is 34.8. The summed E-state index contributed by atoms with van der Waals surface area (Å²) in [5, 5.41) is 45.8. The summed E-state index contributed by atoms with van der Waals surface area (Å²) in [4.78, 5) is 109. The standard InChI is InChI=1S/C28H32BrFN4O5S.C27H32BrFN4O5S.C26H30BrFN4O5S/c1-2-38-26(35)22-21(16-34-11-12-39-18(15-34)4-3-7-28(8-9-28)27(36)37)32-24(25-31-10-13-40-25)33-23(22)19-6-5-17(30)14-20(19)29;1-3-37-27(36)22-21(15-33-10-11-38-18(14-33)6-4-5-16(2)26(34)35)31-24(25-30-9-12-39-25)32-23(22)19-8-7-17(29)13-20(19)28;1-4-36-24(33)20-19(14-32-8-9-37-16(13-32)12-26(2,3)25(34)35)30-22(23-29-7-10-38-23)31-21(20)17-6-5-15(28)11-18(17)27/h5-6,10,13-14,18,23H,2-4,7-9,11-12,15-16H2,1H3,(H,32,33)(H,36,37);7-9,12-13,16,18,23H,3-6,10-11,14-15H2,1-2H3,(H,31,32)(H,34,35);5-7,10-11,16,21H,4,8-9,12-14H2,1-3H3,(H,30,31)(H,34,35)/t18-,23+;16?,18-,23+;16?,21-/m110/s1. The first kappa shape index (κ1) is 89.8. The molecule has 1 saturated carbocycles. The van der Waals surface area contributed by atoms with Crippen LogP contribution in [0.5, 0.6) is 0 Å². The number of aliphatic imine (C=N–C) groups is 3. The Hall–Kier alpha value is -8.01. The molecule has 6 aromatic rings. The number of carbonyl (C=O) groups excluding carboxylic acids is 3. The number of esters is 3. The number of carboxylic acid groups (broad SMARTS) is 3. The Morgan fingerprint density at radius 2 is 0.906 bits per heavy atom. The van der Waals surface area contributed by atoms with Gasteiger partial charge >= 0.3 is 35.8 Å².